The maximum Gasteiger partial charge on any atom is 0.322 e. The number of rotatable bonds is 1. The summed E-state index contributed by atoms with van der Waals surface area (Å²) in [6.07, 6.45) is 0.849. The van der Waals surface area contributed by atoms with Gasteiger partial charge in [-0.3, -0.25) is 0 Å². The molecule has 2 amide bonds. The highest BCUT2D eigenvalue weighted by atomic mass is 16.2. The summed E-state index contributed by atoms with van der Waals surface area (Å²) in [4.78, 5) is 14.2. The van der Waals surface area contributed by atoms with Gasteiger partial charge in [-0.1, -0.05) is 29.8 Å². The van der Waals surface area contributed by atoms with E-state index in [0.29, 0.717) is 13.1 Å². The number of nitrogens with zero attached hydrogens (tertiary/aromatic N) is 1. The van der Waals surface area contributed by atoms with Gasteiger partial charge in [-0.05, 0) is 42.7 Å². The fourth-order valence-corrected chi connectivity index (χ4v) is 2.62. The predicted octanol–water partition coefficient (Wildman–Crippen LogP) is 3.17. The van der Waals surface area contributed by atoms with Crippen molar-refractivity contribution in [2.75, 3.05) is 17.6 Å². The minimum atomic E-state index is -0.0762. The zero-order valence-corrected chi connectivity index (χ0v) is 12.1. The zero-order chi connectivity index (χ0) is 14.8. The van der Waals surface area contributed by atoms with E-state index in [0.717, 1.165) is 23.4 Å². The topological polar surface area (TPSA) is 58.4 Å². The van der Waals surface area contributed by atoms with Gasteiger partial charge in [-0.2, -0.15) is 0 Å². The Morgan fingerprint density at radius 2 is 1.95 bits per heavy atom. The van der Waals surface area contributed by atoms with Crippen LogP contribution in [0.3, 0.4) is 0 Å². The normalized spacial score (nSPS) is 13.7. The largest absolute Gasteiger partial charge is 0.398 e. The SMILES string of the molecule is Cc1ccc(NC(=O)N2CCc3cccc(N)c3C2)cc1. The number of nitrogens with one attached hydrogen (secondary N) is 1. The number of fused-ring (bicyclic) bond motifs is 1. The van der Waals surface area contributed by atoms with Gasteiger partial charge in [0.2, 0.25) is 0 Å². The van der Waals surface area contributed by atoms with Crippen LogP contribution in [0.2, 0.25) is 0 Å². The van der Waals surface area contributed by atoms with E-state index in [1.165, 1.54) is 11.1 Å². The van der Waals surface area contributed by atoms with Crippen molar-refractivity contribution in [1.82, 2.24) is 4.90 Å². The fourth-order valence-electron chi connectivity index (χ4n) is 2.62. The molecule has 3 N–H and O–H groups in total. The summed E-state index contributed by atoms with van der Waals surface area (Å²) in [7, 11) is 0. The Morgan fingerprint density at radius 1 is 1.19 bits per heavy atom. The average molecular weight is 281 g/mol. The number of carbonyl (C=O) groups excluding carboxylic acids is 1. The highest BCUT2D eigenvalue weighted by Gasteiger charge is 2.21. The lowest BCUT2D eigenvalue weighted by molar-refractivity contribution is 0.206. The van der Waals surface area contributed by atoms with Gasteiger partial charge in [-0.25, -0.2) is 4.79 Å². The number of carbonyl (C=O) groups is 1. The summed E-state index contributed by atoms with van der Waals surface area (Å²) in [5, 5.41) is 2.94. The molecule has 0 bridgehead atoms. The summed E-state index contributed by atoms with van der Waals surface area (Å²) < 4.78 is 0. The van der Waals surface area contributed by atoms with E-state index in [2.05, 4.69) is 11.4 Å². The highest BCUT2D eigenvalue weighted by molar-refractivity contribution is 5.89. The van der Waals surface area contributed by atoms with E-state index in [-0.39, 0.29) is 6.03 Å². The van der Waals surface area contributed by atoms with E-state index in [9.17, 15) is 4.79 Å². The van der Waals surface area contributed by atoms with Crippen LogP contribution in [-0.4, -0.2) is 17.5 Å². The number of aryl methyl sites for hydroxylation is 1. The number of benzene rings is 2. The van der Waals surface area contributed by atoms with Crippen molar-refractivity contribution in [3.8, 4) is 0 Å². The molecular weight excluding hydrogens is 262 g/mol. The molecule has 0 saturated heterocycles. The van der Waals surface area contributed by atoms with Crippen molar-refractivity contribution < 1.29 is 4.79 Å². The zero-order valence-electron chi connectivity index (χ0n) is 12.1. The van der Waals surface area contributed by atoms with Crippen LogP contribution in [-0.2, 0) is 13.0 Å². The molecule has 0 unspecified atom stereocenters. The molecule has 0 atom stereocenters. The van der Waals surface area contributed by atoms with E-state index < -0.39 is 0 Å². The maximum atomic E-state index is 12.3. The van der Waals surface area contributed by atoms with Crippen LogP contribution in [0.4, 0.5) is 16.2 Å². The van der Waals surface area contributed by atoms with Gasteiger partial charge in [0.15, 0.2) is 0 Å². The number of anilines is 2. The molecule has 4 nitrogen and oxygen atoms in total. The first-order valence-corrected chi connectivity index (χ1v) is 7.12. The lowest BCUT2D eigenvalue weighted by Gasteiger charge is -2.29. The number of nitrogen functional groups attached to an aromatic ring is 1. The van der Waals surface area contributed by atoms with Crippen LogP contribution in [0.25, 0.3) is 0 Å². The number of hydrogen-bond donors (Lipinski definition) is 2. The monoisotopic (exact) mass is 281 g/mol. The van der Waals surface area contributed by atoms with Gasteiger partial charge in [-0.15, -0.1) is 0 Å². The van der Waals surface area contributed by atoms with Crippen molar-refractivity contribution in [3.63, 3.8) is 0 Å². The summed E-state index contributed by atoms with van der Waals surface area (Å²) in [5.74, 6) is 0. The Bertz CT molecular complexity index is 664. The molecular formula is C17H19N3O. The van der Waals surface area contributed by atoms with E-state index >= 15 is 0 Å². The first-order valence-electron chi connectivity index (χ1n) is 7.12. The molecule has 0 aliphatic carbocycles. The second-order valence-electron chi connectivity index (χ2n) is 5.45. The number of hydrogen-bond acceptors (Lipinski definition) is 2. The van der Waals surface area contributed by atoms with Gasteiger partial charge in [0.05, 0.1) is 0 Å². The van der Waals surface area contributed by atoms with Crippen LogP contribution in [0.5, 0.6) is 0 Å². The molecule has 0 radical (unpaired) electrons. The second kappa shape index (κ2) is 5.48. The predicted molar refractivity (Wildman–Crippen MR) is 85.2 cm³/mol. The Kier molecular flexibility index (Phi) is 3.52. The lowest BCUT2D eigenvalue weighted by atomic mass is 9.98. The second-order valence-corrected chi connectivity index (χ2v) is 5.45. The van der Waals surface area contributed by atoms with Crippen molar-refractivity contribution in [1.29, 1.82) is 0 Å². The number of nitrogens with two attached hydrogens (primary N) is 1. The summed E-state index contributed by atoms with van der Waals surface area (Å²) in [6.45, 7) is 3.31. The molecule has 21 heavy (non-hydrogen) atoms. The third kappa shape index (κ3) is 2.84. The van der Waals surface area contributed by atoms with Crippen molar-refractivity contribution >= 4 is 17.4 Å². The Balaban J connectivity index is 1.72. The van der Waals surface area contributed by atoms with Crippen LogP contribution in [0.15, 0.2) is 42.5 Å². The molecule has 1 heterocycles. The molecule has 4 heteroatoms. The standard InChI is InChI=1S/C17H19N3O/c1-12-5-7-14(8-6-12)19-17(21)20-10-9-13-3-2-4-16(18)15(13)11-20/h2-8H,9-11,18H2,1H3,(H,19,21). The maximum absolute atomic E-state index is 12.3. The Morgan fingerprint density at radius 3 is 2.71 bits per heavy atom. The van der Waals surface area contributed by atoms with Gasteiger partial charge >= 0.3 is 6.03 Å². The van der Waals surface area contributed by atoms with Crippen molar-refractivity contribution in [2.24, 2.45) is 0 Å². The van der Waals surface area contributed by atoms with Crippen LogP contribution < -0.4 is 11.1 Å². The number of urea groups is 1. The molecule has 108 valence electrons. The van der Waals surface area contributed by atoms with Gasteiger partial charge < -0.3 is 16.0 Å². The van der Waals surface area contributed by atoms with Crippen molar-refractivity contribution in [3.05, 3.63) is 59.2 Å². The molecule has 0 saturated carbocycles. The van der Waals surface area contributed by atoms with E-state index in [1.54, 1.807) is 4.90 Å². The molecule has 2 aromatic carbocycles. The third-order valence-electron chi connectivity index (χ3n) is 3.90. The molecule has 2 aromatic rings. The minimum Gasteiger partial charge on any atom is -0.398 e. The Hall–Kier alpha value is -2.49. The van der Waals surface area contributed by atoms with E-state index in [1.807, 2.05) is 43.3 Å². The summed E-state index contributed by atoms with van der Waals surface area (Å²) in [6, 6.07) is 13.7. The van der Waals surface area contributed by atoms with Crippen LogP contribution in [0, 0.1) is 6.92 Å². The van der Waals surface area contributed by atoms with Crippen LogP contribution >= 0.6 is 0 Å². The van der Waals surface area contributed by atoms with Gasteiger partial charge in [0.1, 0.15) is 0 Å². The quantitative estimate of drug-likeness (QED) is 0.789. The molecule has 1 aliphatic rings. The molecule has 0 aromatic heterocycles. The first kappa shape index (κ1) is 13.5. The molecule has 0 spiro atoms. The fraction of sp³-hybridized carbons (Fsp3) is 0.235. The average Bonchev–Trinajstić information content (AvgIpc) is 2.50. The van der Waals surface area contributed by atoms with Crippen LogP contribution in [0.1, 0.15) is 16.7 Å². The van der Waals surface area contributed by atoms with Gasteiger partial charge in [0.25, 0.3) is 0 Å². The van der Waals surface area contributed by atoms with Gasteiger partial charge in [0, 0.05) is 24.5 Å². The lowest BCUT2D eigenvalue weighted by Crippen LogP contribution is -2.39. The van der Waals surface area contributed by atoms with E-state index in [4.69, 9.17) is 5.73 Å². The Labute approximate surface area is 124 Å². The summed E-state index contributed by atoms with van der Waals surface area (Å²) >= 11 is 0. The third-order valence-corrected chi connectivity index (χ3v) is 3.90. The summed E-state index contributed by atoms with van der Waals surface area (Å²) in [5.41, 5.74) is 11.1. The molecule has 0 fully saturated rings. The highest BCUT2D eigenvalue weighted by Crippen LogP contribution is 2.24. The number of amides is 2. The first-order chi connectivity index (χ1) is 10.1. The minimum absolute atomic E-state index is 0.0762. The molecule has 3 rings (SSSR count). The molecule has 1 aliphatic heterocycles. The smallest absolute Gasteiger partial charge is 0.322 e. The van der Waals surface area contributed by atoms with Crippen molar-refractivity contribution in [2.45, 2.75) is 19.9 Å².